The van der Waals surface area contributed by atoms with Gasteiger partial charge in [-0.25, -0.2) is 4.79 Å². The highest BCUT2D eigenvalue weighted by Crippen LogP contribution is 2.39. The molecule has 4 nitrogen and oxygen atoms in total. The second-order valence-electron chi connectivity index (χ2n) is 4.81. The number of halogens is 1. The van der Waals surface area contributed by atoms with Crippen LogP contribution in [0, 0.1) is 6.92 Å². The van der Waals surface area contributed by atoms with Gasteiger partial charge in [0.05, 0.1) is 9.90 Å². The summed E-state index contributed by atoms with van der Waals surface area (Å²) in [6.07, 6.45) is -0.671. The van der Waals surface area contributed by atoms with Gasteiger partial charge >= 0.3 is 5.97 Å². The number of carbonyl (C=O) groups is 2. The van der Waals surface area contributed by atoms with E-state index in [1.54, 1.807) is 25.1 Å². The average Bonchev–Trinajstić information content (AvgIpc) is 3.10. The first-order valence-corrected chi connectivity index (χ1v) is 7.54. The Labute approximate surface area is 129 Å². The Morgan fingerprint density at radius 3 is 2.86 bits per heavy atom. The van der Waals surface area contributed by atoms with Gasteiger partial charge in [-0.05, 0) is 30.0 Å². The first kappa shape index (κ1) is 14.1. The van der Waals surface area contributed by atoms with Crippen LogP contribution in [0.4, 0.5) is 0 Å². The molecule has 3 rings (SSSR count). The number of thiophene rings is 1. The van der Waals surface area contributed by atoms with Crippen LogP contribution in [0.2, 0.25) is 5.02 Å². The van der Waals surface area contributed by atoms with E-state index in [4.69, 9.17) is 21.4 Å². The lowest BCUT2D eigenvalue weighted by molar-refractivity contribution is -0.144. The molecule has 0 spiro atoms. The highest BCUT2D eigenvalue weighted by Gasteiger charge is 2.32. The Kier molecular flexibility index (Phi) is 3.47. The summed E-state index contributed by atoms with van der Waals surface area (Å²) in [7, 11) is 0. The molecule has 0 amide bonds. The van der Waals surface area contributed by atoms with Gasteiger partial charge in [0.25, 0.3) is 0 Å². The minimum absolute atomic E-state index is 0.153. The molecule has 0 saturated heterocycles. The third-order valence-corrected chi connectivity index (χ3v) is 4.80. The van der Waals surface area contributed by atoms with Gasteiger partial charge in [0.2, 0.25) is 5.78 Å². The maximum atomic E-state index is 12.5. The van der Waals surface area contributed by atoms with Crippen LogP contribution in [0.25, 0.3) is 0 Å². The van der Waals surface area contributed by atoms with Gasteiger partial charge in [-0.1, -0.05) is 17.7 Å². The number of ether oxygens (including phenoxy) is 1. The predicted molar refractivity (Wildman–Crippen MR) is 79.7 cm³/mol. The first-order chi connectivity index (χ1) is 9.99. The van der Waals surface area contributed by atoms with E-state index in [0.29, 0.717) is 32.3 Å². The molecule has 0 fully saturated rings. The molecular formula is C15H11ClO4S. The monoisotopic (exact) mass is 322 g/mol. The summed E-state index contributed by atoms with van der Waals surface area (Å²) in [6, 6.07) is 5.19. The lowest BCUT2D eigenvalue weighted by Crippen LogP contribution is -2.24. The topological polar surface area (TPSA) is 63.6 Å². The summed E-state index contributed by atoms with van der Waals surface area (Å²) in [5, 5.41) is 11.2. The third kappa shape index (κ3) is 2.32. The van der Waals surface area contributed by atoms with Crippen molar-refractivity contribution in [2.75, 3.05) is 0 Å². The van der Waals surface area contributed by atoms with Crippen molar-refractivity contribution >= 4 is 34.7 Å². The molecular weight excluding hydrogens is 312 g/mol. The van der Waals surface area contributed by atoms with E-state index in [1.165, 1.54) is 11.3 Å². The number of rotatable bonds is 3. The lowest BCUT2D eigenvalue weighted by Gasteiger charge is -2.10. The van der Waals surface area contributed by atoms with Crippen LogP contribution >= 0.6 is 22.9 Å². The van der Waals surface area contributed by atoms with Gasteiger partial charge in [0.1, 0.15) is 5.75 Å². The van der Waals surface area contributed by atoms with Crippen molar-refractivity contribution in [1.82, 2.24) is 0 Å². The number of carbonyl (C=O) groups excluding carboxylic acids is 1. The number of fused-ring (bicyclic) bond motifs is 1. The molecule has 2 heterocycles. The van der Waals surface area contributed by atoms with Crippen molar-refractivity contribution in [1.29, 1.82) is 0 Å². The third-order valence-electron chi connectivity index (χ3n) is 3.45. The Hall–Kier alpha value is -1.85. The standard InChI is InChI=1S/C15H11ClO4S/c1-7-12(16)9(13(17)11-3-2-4-21-11)5-8-6-10(15(18)19)20-14(7)8/h2-5,10H,6H2,1H3,(H,18,19). The van der Waals surface area contributed by atoms with Crippen LogP contribution in [0.15, 0.2) is 23.6 Å². The predicted octanol–water partition coefficient (Wildman–Crippen LogP) is 3.33. The fourth-order valence-corrected chi connectivity index (χ4v) is 3.29. The fraction of sp³-hybridized carbons (Fsp3) is 0.200. The molecule has 1 atom stereocenters. The number of ketones is 1. The van der Waals surface area contributed by atoms with E-state index < -0.39 is 12.1 Å². The largest absolute Gasteiger partial charge is 0.478 e. The van der Waals surface area contributed by atoms with Gasteiger partial charge in [-0.3, -0.25) is 4.79 Å². The van der Waals surface area contributed by atoms with Gasteiger partial charge in [0.15, 0.2) is 6.10 Å². The minimum atomic E-state index is -1.02. The van der Waals surface area contributed by atoms with Crippen molar-refractivity contribution in [2.24, 2.45) is 0 Å². The van der Waals surface area contributed by atoms with Crippen molar-refractivity contribution < 1.29 is 19.4 Å². The fourth-order valence-electron chi connectivity index (χ4n) is 2.39. The molecule has 1 N–H and O–H groups in total. The maximum Gasteiger partial charge on any atom is 0.345 e. The highest BCUT2D eigenvalue weighted by atomic mass is 35.5. The number of aliphatic carboxylic acids is 1. The summed E-state index contributed by atoms with van der Waals surface area (Å²) in [4.78, 5) is 24.1. The normalized spacial score (nSPS) is 16.4. The van der Waals surface area contributed by atoms with Crippen LogP contribution < -0.4 is 4.74 Å². The van der Waals surface area contributed by atoms with Crippen molar-refractivity contribution in [3.63, 3.8) is 0 Å². The Bertz CT molecular complexity index is 737. The summed E-state index contributed by atoms with van der Waals surface area (Å²) in [5.41, 5.74) is 1.71. The van der Waals surface area contributed by atoms with Crippen LogP contribution in [0.3, 0.4) is 0 Å². The highest BCUT2D eigenvalue weighted by molar-refractivity contribution is 7.12. The van der Waals surface area contributed by atoms with Crippen LogP contribution in [0.1, 0.15) is 26.4 Å². The van der Waals surface area contributed by atoms with Gasteiger partial charge in [-0.2, -0.15) is 0 Å². The Morgan fingerprint density at radius 1 is 1.48 bits per heavy atom. The van der Waals surface area contributed by atoms with E-state index in [0.717, 1.165) is 0 Å². The molecule has 1 aromatic carbocycles. The van der Waals surface area contributed by atoms with E-state index in [-0.39, 0.29) is 12.2 Å². The molecule has 21 heavy (non-hydrogen) atoms. The minimum Gasteiger partial charge on any atom is -0.478 e. The first-order valence-electron chi connectivity index (χ1n) is 6.28. The molecule has 1 unspecified atom stereocenters. The summed E-state index contributed by atoms with van der Waals surface area (Å²) in [5.74, 6) is -0.692. The Balaban J connectivity index is 2.06. The molecule has 108 valence electrons. The van der Waals surface area contributed by atoms with E-state index in [1.807, 2.05) is 5.38 Å². The van der Waals surface area contributed by atoms with E-state index in [9.17, 15) is 9.59 Å². The molecule has 0 bridgehead atoms. The number of carboxylic acids is 1. The number of hydrogen-bond donors (Lipinski definition) is 1. The molecule has 1 aliphatic rings. The van der Waals surface area contributed by atoms with Crippen LogP contribution in [-0.4, -0.2) is 23.0 Å². The second-order valence-corrected chi connectivity index (χ2v) is 6.13. The van der Waals surface area contributed by atoms with Gasteiger partial charge < -0.3 is 9.84 Å². The number of hydrogen-bond acceptors (Lipinski definition) is 4. The lowest BCUT2D eigenvalue weighted by atomic mass is 9.99. The molecule has 6 heteroatoms. The van der Waals surface area contributed by atoms with Crippen molar-refractivity contribution in [2.45, 2.75) is 19.4 Å². The second kappa shape index (κ2) is 5.16. The molecule has 2 aromatic rings. The van der Waals surface area contributed by atoms with Crippen molar-refractivity contribution in [3.8, 4) is 5.75 Å². The SMILES string of the molecule is Cc1c(Cl)c(C(=O)c2cccs2)cc2c1OC(C(=O)O)C2. The zero-order valence-electron chi connectivity index (χ0n) is 11.1. The summed E-state index contributed by atoms with van der Waals surface area (Å²) in [6.45, 7) is 1.73. The number of benzene rings is 1. The molecule has 1 aromatic heterocycles. The zero-order valence-corrected chi connectivity index (χ0v) is 12.6. The zero-order chi connectivity index (χ0) is 15.1. The quantitative estimate of drug-likeness (QED) is 0.880. The molecule has 0 radical (unpaired) electrons. The van der Waals surface area contributed by atoms with Gasteiger partial charge in [0, 0.05) is 17.5 Å². The molecule has 0 saturated carbocycles. The van der Waals surface area contributed by atoms with E-state index in [2.05, 4.69) is 0 Å². The Morgan fingerprint density at radius 2 is 2.24 bits per heavy atom. The van der Waals surface area contributed by atoms with Crippen LogP contribution in [-0.2, 0) is 11.2 Å². The average molecular weight is 323 g/mol. The molecule has 0 aliphatic carbocycles. The van der Waals surface area contributed by atoms with Gasteiger partial charge in [-0.15, -0.1) is 11.3 Å². The maximum absolute atomic E-state index is 12.5. The van der Waals surface area contributed by atoms with E-state index >= 15 is 0 Å². The smallest absolute Gasteiger partial charge is 0.345 e. The summed E-state index contributed by atoms with van der Waals surface area (Å²) < 4.78 is 5.41. The molecule has 1 aliphatic heterocycles. The number of carboxylic acid groups (broad SMARTS) is 1. The van der Waals surface area contributed by atoms with Crippen LogP contribution in [0.5, 0.6) is 5.75 Å². The summed E-state index contributed by atoms with van der Waals surface area (Å²) >= 11 is 7.62. The van der Waals surface area contributed by atoms with Crippen molar-refractivity contribution in [3.05, 3.63) is 50.2 Å².